The summed E-state index contributed by atoms with van der Waals surface area (Å²) in [6.07, 6.45) is -1.57. The summed E-state index contributed by atoms with van der Waals surface area (Å²) in [5.41, 5.74) is 11.3. The number of ether oxygens (including phenoxy) is 1. The van der Waals surface area contributed by atoms with Gasteiger partial charge >= 0.3 is 5.69 Å². The van der Waals surface area contributed by atoms with E-state index in [0.717, 1.165) is 16.8 Å². The fraction of sp³-hybridized carbons (Fsp3) is 0.600. The predicted molar refractivity (Wildman–Crippen MR) is 65.6 cm³/mol. The molecule has 0 bridgehead atoms. The topological polar surface area (TPSA) is 180 Å². The van der Waals surface area contributed by atoms with Gasteiger partial charge in [-0.2, -0.15) is 5.53 Å². The monoisotopic (exact) mass is 306 g/mol. The molecule has 0 spiro atoms. The lowest BCUT2D eigenvalue weighted by molar-refractivity contribution is -0.249. The highest BCUT2D eigenvalue weighted by molar-refractivity contribution is 4.98. The van der Waals surface area contributed by atoms with Crippen LogP contribution in [0.2, 0.25) is 0 Å². The first kappa shape index (κ1) is 17.1. The minimum Gasteiger partial charge on any atom is -0.392 e. The molecular weight excluding hydrogens is 289 g/mol. The van der Waals surface area contributed by atoms with Crippen LogP contribution in [0.1, 0.15) is 6.23 Å². The van der Waals surface area contributed by atoms with Gasteiger partial charge in [0.25, 0.3) is 5.56 Å². The van der Waals surface area contributed by atoms with E-state index in [2.05, 4.69) is 5.53 Å². The Balaban J connectivity index is 0.00000106. The van der Waals surface area contributed by atoms with Crippen LogP contribution in [0.3, 0.4) is 0 Å². The van der Waals surface area contributed by atoms with Crippen LogP contribution in [0.4, 0.5) is 4.39 Å². The SMILES string of the molecule is N=[NH2+].N[C@]1(CO)O[C@@H](n2ccc(=O)[nH]c2=O)[C@@H](CF)[C@@H]1O. The number of rotatable bonds is 3. The van der Waals surface area contributed by atoms with Gasteiger partial charge in [0, 0.05) is 12.3 Å². The van der Waals surface area contributed by atoms with Crippen LogP contribution in [-0.2, 0) is 4.74 Å². The largest absolute Gasteiger partial charge is 0.392 e. The Labute approximate surface area is 117 Å². The molecule has 1 fully saturated rings. The number of aromatic nitrogens is 2. The van der Waals surface area contributed by atoms with E-state index in [9.17, 15) is 19.1 Å². The van der Waals surface area contributed by atoms with Crippen molar-refractivity contribution in [3.63, 3.8) is 0 Å². The zero-order valence-electron chi connectivity index (χ0n) is 10.9. The van der Waals surface area contributed by atoms with Crippen LogP contribution in [0.5, 0.6) is 0 Å². The van der Waals surface area contributed by atoms with Gasteiger partial charge < -0.3 is 14.9 Å². The number of aromatic amines is 1. The first-order valence-electron chi connectivity index (χ1n) is 5.85. The van der Waals surface area contributed by atoms with E-state index in [1.54, 1.807) is 0 Å². The fourth-order valence-electron chi connectivity index (χ4n) is 2.08. The number of aliphatic hydroxyl groups is 2. The molecular formula is C10H17FN5O5+. The Morgan fingerprint density at radius 3 is 2.67 bits per heavy atom. The second kappa shape index (κ2) is 6.67. The first-order chi connectivity index (χ1) is 9.92. The van der Waals surface area contributed by atoms with Gasteiger partial charge in [0.15, 0.2) is 5.72 Å². The summed E-state index contributed by atoms with van der Waals surface area (Å²) in [6.45, 7) is -1.74. The molecule has 1 aliphatic heterocycles. The van der Waals surface area contributed by atoms with Gasteiger partial charge in [-0.3, -0.25) is 24.5 Å². The molecule has 0 radical (unpaired) electrons. The van der Waals surface area contributed by atoms with Crippen molar-refractivity contribution in [1.29, 1.82) is 5.53 Å². The number of aliphatic hydroxyl groups excluding tert-OH is 2. The number of nitrogens with one attached hydrogen (secondary N) is 2. The lowest BCUT2D eigenvalue weighted by Gasteiger charge is -2.24. The van der Waals surface area contributed by atoms with Gasteiger partial charge in [-0.15, -0.1) is 0 Å². The molecule has 0 amide bonds. The van der Waals surface area contributed by atoms with Crippen molar-refractivity contribution in [1.82, 2.24) is 9.55 Å². The molecule has 0 saturated carbocycles. The van der Waals surface area contributed by atoms with Gasteiger partial charge in [-0.05, 0) is 0 Å². The highest BCUT2D eigenvalue weighted by Gasteiger charge is 2.53. The molecule has 2 heterocycles. The number of hydrogen-bond donors (Lipinski definition) is 6. The second-order valence-electron chi connectivity index (χ2n) is 4.40. The van der Waals surface area contributed by atoms with Crippen LogP contribution in [0, 0.1) is 11.4 Å². The van der Waals surface area contributed by atoms with Crippen LogP contribution in [-0.4, -0.2) is 44.9 Å². The van der Waals surface area contributed by atoms with E-state index in [1.165, 1.54) is 0 Å². The van der Waals surface area contributed by atoms with E-state index < -0.39 is 48.5 Å². The third-order valence-corrected chi connectivity index (χ3v) is 3.16. The van der Waals surface area contributed by atoms with Crippen molar-refractivity contribution in [2.45, 2.75) is 18.1 Å². The van der Waals surface area contributed by atoms with Gasteiger partial charge in [-0.1, -0.05) is 5.53 Å². The zero-order valence-corrected chi connectivity index (χ0v) is 10.9. The zero-order chi connectivity index (χ0) is 16.2. The highest BCUT2D eigenvalue weighted by Crippen LogP contribution is 2.38. The normalized spacial score (nSPS) is 31.5. The molecule has 1 aromatic rings. The standard InChI is InChI=1S/C10H14FN3O5.H2N2/c11-3-5-7(17)10(12,4-15)19-8(5)14-2-1-6(16)13-9(14)18;1-2/h1-2,5,7-8,15,17H,3-4,12H2,(H,13,16,18);1-2H/p+1/t5-,7-,8+,10+;/m0./s1. The van der Waals surface area contributed by atoms with Crippen molar-refractivity contribution < 1.29 is 24.9 Å². The maximum atomic E-state index is 13.0. The molecule has 11 heteroatoms. The molecule has 2 rings (SSSR count). The Bertz CT molecular complexity index is 592. The number of H-pyrrole nitrogens is 1. The smallest absolute Gasteiger partial charge is 0.330 e. The molecule has 8 N–H and O–H groups in total. The molecule has 0 aromatic carbocycles. The van der Waals surface area contributed by atoms with Crippen molar-refractivity contribution >= 4 is 0 Å². The van der Waals surface area contributed by atoms with Gasteiger partial charge in [-0.25, -0.2) is 4.79 Å². The molecule has 1 aliphatic rings. The second-order valence-corrected chi connectivity index (χ2v) is 4.40. The quantitative estimate of drug-likeness (QED) is 0.314. The lowest BCUT2D eigenvalue weighted by atomic mass is 9.98. The molecule has 0 unspecified atom stereocenters. The average Bonchev–Trinajstić information content (AvgIpc) is 2.73. The molecule has 21 heavy (non-hydrogen) atoms. The third-order valence-electron chi connectivity index (χ3n) is 3.16. The maximum absolute atomic E-state index is 13.0. The summed E-state index contributed by atoms with van der Waals surface area (Å²) in [7, 11) is 0. The highest BCUT2D eigenvalue weighted by atomic mass is 19.1. The Kier molecular flexibility index (Phi) is 5.43. The molecule has 118 valence electrons. The van der Waals surface area contributed by atoms with E-state index in [0.29, 0.717) is 0 Å². The van der Waals surface area contributed by atoms with Crippen molar-refractivity contribution in [3.8, 4) is 0 Å². The summed E-state index contributed by atoms with van der Waals surface area (Å²) in [5, 5.41) is 19.0. The summed E-state index contributed by atoms with van der Waals surface area (Å²) in [4.78, 5) is 24.6. The molecule has 10 nitrogen and oxygen atoms in total. The van der Waals surface area contributed by atoms with Crippen molar-refractivity contribution in [2.24, 2.45) is 11.7 Å². The number of halogens is 1. The Morgan fingerprint density at radius 1 is 1.57 bits per heavy atom. The van der Waals surface area contributed by atoms with Gasteiger partial charge in [0.1, 0.15) is 12.3 Å². The minimum atomic E-state index is -1.85. The molecule has 4 atom stereocenters. The van der Waals surface area contributed by atoms with E-state index in [4.69, 9.17) is 21.1 Å². The fourth-order valence-corrected chi connectivity index (χ4v) is 2.08. The first-order valence-corrected chi connectivity index (χ1v) is 5.85. The van der Waals surface area contributed by atoms with Crippen LogP contribution >= 0.6 is 0 Å². The average molecular weight is 306 g/mol. The molecule has 0 aliphatic carbocycles. The third kappa shape index (κ3) is 3.05. The Morgan fingerprint density at radius 2 is 2.19 bits per heavy atom. The summed E-state index contributed by atoms with van der Waals surface area (Å²) < 4.78 is 19.1. The van der Waals surface area contributed by atoms with E-state index >= 15 is 0 Å². The number of nitrogens with zero attached hydrogens (tertiary/aromatic N) is 1. The van der Waals surface area contributed by atoms with Gasteiger partial charge in [0.05, 0.1) is 19.2 Å². The van der Waals surface area contributed by atoms with Crippen LogP contribution < -0.4 is 22.5 Å². The summed E-state index contributed by atoms with van der Waals surface area (Å²) in [6, 6.07) is 1.06. The van der Waals surface area contributed by atoms with E-state index in [1.807, 2.05) is 4.98 Å². The number of alkyl halides is 1. The number of nitrogens with two attached hydrogens (primary N) is 2. The minimum absolute atomic E-state index is 0.613. The summed E-state index contributed by atoms with van der Waals surface area (Å²) in [5.74, 6) is -1.12. The van der Waals surface area contributed by atoms with Crippen LogP contribution in [0.25, 0.3) is 0 Å². The predicted octanol–water partition coefficient (Wildman–Crippen LogP) is -3.56. The van der Waals surface area contributed by atoms with Crippen LogP contribution in [0.15, 0.2) is 21.9 Å². The lowest BCUT2D eigenvalue weighted by Crippen LogP contribution is -2.53. The maximum Gasteiger partial charge on any atom is 0.330 e. The molecule has 1 aromatic heterocycles. The van der Waals surface area contributed by atoms with Crippen molar-refractivity contribution in [3.05, 3.63) is 33.1 Å². The molecule has 1 saturated heterocycles. The van der Waals surface area contributed by atoms with E-state index in [-0.39, 0.29) is 0 Å². The van der Waals surface area contributed by atoms with Crippen molar-refractivity contribution in [2.75, 3.05) is 13.3 Å². The number of hydrogen-bond acceptors (Lipinski definition) is 7. The summed E-state index contributed by atoms with van der Waals surface area (Å²) >= 11 is 0. The van der Waals surface area contributed by atoms with Gasteiger partial charge in [0.2, 0.25) is 0 Å². The Hall–Kier alpha value is -1.95.